The summed E-state index contributed by atoms with van der Waals surface area (Å²) in [6.07, 6.45) is -0.176. The van der Waals surface area contributed by atoms with E-state index in [1.807, 2.05) is 92.2 Å². The summed E-state index contributed by atoms with van der Waals surface area (Å²) in [5, 5.41) is 4.79. The molecule has 0 atom stereocenters. The van der Waals surface area contributed by atoms with Gasteiger partial charge in [-0.1, -0.05) is 48.5 Å². The van der Waals surface area contributed by atoms with Gasteiger partial charge < -0.3 is 9.64 Å². The van der Waals surface area contributed by atoms with Crippen LogP contribution in [0.5, 0.6) is 0 Å². The van der Waals surface area contributed by atoms with E-state index >= 15 is 0 Å². The number of hydrogen-bond acceptors (Lipinski definition) is 4. The number of para-hydroxylation sites is 1. The van der Waals surface area contributed by atoms with Gasteiger partial charge in [-0.2, -0.15) is 0 Å². The zero-order valence-electron chi connectivity index (χ0n) is 18.7. The van der Waals surface area contributed by atoms with Gasteiger partial charge >= 0.3 is 6.09 Å². The summed E-state index contributed by atoms with van der Waals surface area (Å²) in [6, 6.07) is 21.8. The maximum Gasteiger partial charge on any atom is 0.410 e. The largest absolute Gasteiger partial charge is 0.444 e. The third-order valence-corrected chi connectivity index (χ3v) is 5.19. The second-order valence-corrected chi connectivity index (χ2v) is 8.76. The lowest BCUT2D eigenvalue weighted by Crippen LogP contribution is -2.39. The lowest BCUT2D eigenvalue weighted by atomic mass is 10.1. The van der Waals surface area contributed by atoms with Gasteiger partial charge in [0.15, 0.2) is 5.82 Å². The topological polar surface area (TPSA) is 67.7 Å². The van der Waals surface area contributed by atoms with Crippen molar-refractivity contribution in [3.8, 4) is 16.9 Å². The molecule has 0 aliphatic carbocycles. The maximum absolute atomic E-state index is 13.0. The Morgan fingerprint density at radius 2 is 1.59 bits per heavy atom. The number of amides is 2. The fraction of sp³-hybridized carbons (Fsp3) is 0.320. The van der Waals surface area contributed by atoms with Crippen molar-refractivity contribution in [1.29, 1.82) is 0 Å². The van der Waals surface area contributed by atoms with Crippen LogP contribution in [0.4, 0.5) is 10.6 Å². The molecule has 2 amide bonds. The highest BCUT2D eigenvalue weighted by atomic mass is 16.6. The highest BCUT2D eigenvalue weighted by Crippen LogP contribution is 2.28. The van der Waals surface area contributed by atoms with Crippen molar-refractivity contribution >= 4 is 17.8 Å². The monoisotopic (exact) mass is 432 g/mol. The number of benzene rings is 2. The van der Waals surface area contributed by atoms with Crippen molar-refractivity contribution in [3.63, 3.8) is 0 Å². The predicted octanol–water partition coefficient (Wildman–Crippen LogP) is 4.51. The zero-order chi connectivity index (χ0) is 22.7. The number of ether oxygens (including phenoxy) is 1. The molecule has 0 spiro atoms. The Labute approximate surface area is 188 Å². The molecule has 32 heavy (non-hydrogen) atoms. The normalized spacial score (nSPS) is 14.9. The van der Waals surface area contributed by atoms with E-state index in [0.29, 0.717) is 25.5 Å². The number of rotatable bonds is 3. The van der Waals surface area contributed by atoms with Gasteiger partial charge in [0.05, 0.1) is 11.4 Å². The maximum atomic E-state index is 13.0. The second-order valence-electron chi connectivity index (χ2n) is 8.76. The lowest BCUT2D eigenvalue weighted by Gasteiger charge is -2.26. The Bertz CT molecular complexity index is 1030. The van der Waals surface area contributed by atoms with Gasteiger partial charge in [0.25, 0.3) is 0 Å². The fourth-order valence-corrected chi connectivity index (χ4v) is 3.66. The third kappa shape index (κ3) is 4.82. The van der Waals surface area contributed by atoms with Crippen molar-refractivity contribution in [2.24, 2.45) is 0 Å². The van der Waals surface area contributed by atoms with Crippen LogP contribution >= 0.6 is 0 Å². The van der Waals surface area contributed by atoms with Gasteiger partial charge in [0, 0.05) is 37.7 Å². The van der Waals surface area contributed by atoms with Crippen molar-refractivity contribution in [2.45, 2.75) is 32.8 Å². The van der Waals surface area contributed by atoms with Gasteiger partial charge in [-0.25, -0.2) is 9.48 Å². The lowest BCUT2D eigenvalue weighted by molar-refractivity contribution is -0.118. The molecule has 3 aromatic rings. The molecule has 0 saturated carbocycles. The van der Waals surface area contributed by atoms with Crippen molar-refractivity contribution in [1.82, 2.24) is 14.7 Å². The SMILES string of the molecule is CC(C)(C)OC(=O)N1CCC(=O)N(c2cc(-c3ccccc3)n(-c3ccccc3)n2)CC1. The molecule has 1 aromatic heterocycles. The molecule has 7 nitrogen and oxygen atoms in total. The Kier molecular flexibility index (Phi) is 5.99. The number of carbonyl (C=O) groups is 2. The Morgan fingerprint density at radius 1 is 0.938 bits per heavy atom. The van der Waals surface area contributed by atoms with Crippen LogP contribution < -0.4 is 4.90 Å². The number of carbonyl (C=O) groups excluding carboxylic acids is 2. The van der Waals surface area contributed by atoms with Crippen molar-refractivity contribution in [3.05, 3.63) is 66.7 Å². The summed E-state index contributed by atoms with van der Waals surface area (Å²) in [7, 11) is 0. The molecule has 0 radical (unpaired) electrons. The Hall–Kier alpha value is -3.61. The van der Waals surface area contributed by atoms with E-state index < -0.39 is 11.7 Å². The van der Waals surface area contributed by atoms with Crippen LogP contribution in [0.1, 0.15) is 27.2 Å². The summed E-state index contributed by atoms with van der Waals surface area (Å²) in [5.74, 6) is 0.511. The smallest absolute Gasteiger partial charge is 0.410 e. The van der Waals surface area contributed by atoms with E-state index in [1.54, 1.807) is 9.80 Å². The molecular formula is C25H28N4O3. The highest BCUT2D eigenvalue weighted by molar-refractivity contribution is 5.94. The van der Waals surface area contributed by atoms with Crippen LogP contribution in [-0.2, 0) is 9.53 Å². The summed E-state index contributed by atoms with van der Waals surface area (Å²) in [4.78, 5) is 28.7. The van der Waals surface area contributed by atoms with Crippen LogP contribution in [0, 0.1) is 0 Å². The average molecular weight is 433 g/mol. The summed E-state index contributed by atoms with van der Waals surface area (Å²) >= 11 is 0. The third-order valence-electron chi connectivity index (χ3n) is 5.19. The first kappa shape index (κ1) is 21.6. The second kappa shape index (κ2) is 8.86. The first-order valence-electron chi connectivity index (χ1n) is 10.8. The molecule has 1 aliphatic heterocycles. The van der Waals surface area contributed by atoms with Gasteiger partial charge in [0.2, 0.25) is 5.91 Å². The van der Waals surface area contributed by atoms with Crippen LogP contribution in [0.15, 0.2) is 66.7 Å². The van der Waals surface area contributed by atoms with Crippen LogP contribution in [0.3, 0.4) is 0 Å². The fourth-order valence-electron chi connectivity index (χ4n) is 3.66. The predicted molar refractivity (Wildman–Crippen MR) is 124 cm³/mol. The molecule has 0 bridgehead atoms. The molecule has 1 aliphatic rings. The number of nitrogens with zero attached hydrogens (tertiary/aromatic N) is 4. The Morgan fingerprint density at radius 3 is 2.25 bits per heavy atom. The molecule has 7 heteroatoms. The minimum atomic E-state index is -0.577. The summed E-state index contributed by atoms with van der Waals surface area (Å²) < 4.78 is 7.34. The molecule has 0 unspecified atom stereocenters. The van der Waals surface area contributed by atoms with E-state index in [-0.39, 0.29) is 12.3 Å². The minimum Gasteiger partial charge on any atom is -0.444 e. The average Bonchev–Trinajstić information content (AvgIpc) is 3.11. The minimum absolute atomic E-state index is 0.0617. The van der Waals surface area contributed by atoms with E-state index in [0.717, 1.165) is 16.9 Å². The molecule has 4 rings (SSSR count). The molecule has 0 N–H and O–H groups in total. The van der Waals surface area contributed by atoms with E-state index in [9.17, 15) is 9.59 Å². The number of hydrogen-bond donors (Lipinski definition) is 0. The standard InChI is InChI=1S/C25H28N4O3/c1-25(2,3)32-24(31)27-15-14-23(30)28(17-16-27)22-18-21(19-10-6-4-7-11-19)29(26-22)20-12-8-5-9-13-20/h4-13,18H,14-17H2,1-3H3. The van der Waals surface area contributed by atoms with E-state index in [1.165, 1.54) is 0 Å². The number of aromatic nitrogens is 2. The van der Waals surface area contributed by atoms with E-state index in [4.69, 9.17) is 9.84 Å². The van der Waals surface area contributed by atoms with E-state index in [2.05, 4.69) is 0 Å². The first-order chi connectivity index (χ1) is 15.3. The zero-order valence-corrected chi connectivity index (χ0v) is 18.7. The molecule has 1 fully saturated rings. The van der Waals surface area contributed by atoms with Gasteiger partial charge in [-0.15, -0.1) is 5.10 Å². The summed E-state index contributed by atoms with van der Waals surface area (Å²) in [6.45, 7) is 6.58. The summed E-state index contributed by atoms with van der Waals surface area (Å²) in [5.41, 5.74) is 2.24. The molecule has 2 aromatic carbocycles. The number of anilines is 1. The van der Waals surface area contributed by atoms with Crippen molar-refractivity contribution < 1.29 is 14.3 Å². The van der Waals surface area contributed by atoms with Gasteiger partial charge in [-0.3, -0.25) is 9.69 Å². The molecule has 2 heterocycles. The quantitative estimate of drug-likeness (QED) is 0.611. The molecule has 166 valence electrons. The van der Waals surface area contributed by atoms with Crippen LogP contribution in [0.25, 0.3) is 16.9 Å². The first-order valence-corrected chi connectivity index (χ1v) is 10.8. The van der Waals surface area contributed by atoms with Crippen LogP contribution in [-0.4, -0.2) is 51.9 Å². The van der Waals surface area contributed by atoms with Crippen LogP contribution in [0.2, 0.25) is 0 Å². The Balaban J connectivity index is 1.64. The van der Waals surface area contributed by atoms with Gasteiger partial charge in [-0.05, 0) is 32.9 Å². The highest BCUT2D eigenvalue weighted by Gasteiger charge is 2.29. The molecular weight excluding hydrogens is 404 g/mol. The molecule has 1 saturated heterocycles. The van der Waals surface area contributed by atoms with Gasteiger partial charge in [0.1, 0.15) is 5.60 Å². The van der Waals surface area contributed by atoms with Crippen molar-refractivity contribution in [2.75, 3.05) is 24.5 Å².